The van der Waals surface area contributed by atoms with Crippen LogP contribution >= 0.6 is 11.8 Å². The molecule has 0 aliphatic heterocycles. The lowest BCUT2D eigenvalue weighted by molar-refractivity contribution is 0.140. The number of hydrogen-bond donors (Lipinski definition) is 3. The van der Waals surface area contributed by atoms with Crippen molar-refractivity contribution in [3.8, 4) is 0 Å². The molecule has 0 spiro atoms. The summed E-state index contributed by atoms with van der Waals surface area (Å²) in [5, 5.41) is 8.13. The van der Waals surface area contributed by atoms with E-state index < -0.39 is 18.2 Å². The van der Waals surface area contributed by atoms with Crippen molar-refractivity contribution in [2.75, 3.05) is 6.26 Å². The lowest BCUT2D eigenvalue weighted by Gasteiger charge is -2.08. The summed E-state index contributed by atoms with van der Waals surface area (Å²) in [6.07, 6.45) is -0.0155. The molecule has 10 heteroatoms. The van der Waals surface area contributed by atoms with Crippen molar-refractivity contribution in [3.05, 3.63) is 71.8 Å². The number of nitrogens with one attached hydrogen (secondary N) is 3. The van der Waals surface area contributed by atoms with E-state index in [1.165, 1.54) is 0 Å². The lowest BCUT2D eigenvalue weighted by Crippen LogP contribution is -2.39. The van der Waals surface area contributed by atoms with E-state index >= 15 is 0 Å². The number of amidine groups is 1. The number of carbonyl (C=O) groups excluding carboxylic acids is 3. The van der Waals surface area contributed by atoms with Gasteiger partial charge in [-0.2, -0.15) is 0 Å². The number of alkyl carbamates (subject to hydrolysis) is 2. The van der Waals surface area contributed by atoms with Crippen LogP contribution in [0.4, 0.5) is 14.4 Å². The Morgan fingerprint density at radius 3 is 1.79 bits per heavy atom. The van der Waals surface area contributed by atoms with Crippen LogP contribution < -0.4 is 16.1 Å². The number of hydrogen-bond acceptors (Lipinski definition) is 7. The smallest absolute Gasteiger partial charge is 0.415 e. The molecule has 2 rings (SSSR count). The van der Waals surface area contributed by atoms with Gasteiger partial charge in [0.1, 0.15) is 13.2 Å². The van der Waals surface area contributed by atoms with Crippen molar-refractivity contribution < 1.29 is 23.9 Å². The number of thioether (sulfide) groups is 1. The number of hydrazone groups is 1. The molecule has 0 bridgehead atoms. The second-order valence-corrected chi connectivity index (χ2v) is 6.23. The fraction of sp³-hybridized carbons (Fsp3) is 0.158. The Labute approximate surface area is 171 Å². The summed E-state index contributed by atoms with van der Waals surface area (Å²) in [7, 11) is 0. The van der Waals surface area contributed by atoms with Crippen LogP contribution in [-0.2, 0) is 22.7 Å². The first-order valence-electron chi connectivity index (χ1n) is 8.44. The van der Waals surface area contributed by atoms with E-state index in [2.05, 4.69) is 15.8 Å². The molecular weight excluding hydrogens is 396 g/mol. The van der Waals surface area contributed by atoms with E-state index in [0.717, 1.165) is 22.9 Å². The summed E-state index contributed by atoms with van der Waals surface area (Å²) < 4.78 is 9.98. The minimum Gasteiger partial charge on any atom is -0.444 e. The van der Waals surface area contributed by atoms with Crippen LogP contribution in [0.2, 0.25) is 0 Å². The Morgan fingerprint density at radius 2 is 1.31 bits per heavy atom. The van der Waals surface area contributed by atoms with Gasteiger partial charge in [-0.05, 0) is 17.4 Å². The third kappa shape index (κ3) is 8.80. The first-order valence-corrected chi connectivity index (χ1v) is 9.66. The topological polar surface area (TPSA) is 118 Å². The van der Waals surface area contributed by atoms with Crippen LogP contribution in [0.3, 0.4) is 0 Å². The normalized spacial score (nSPS) is 10.6. The first kappa shape index (κ1) is 21.8. The van der Waals surface area contributed by atoms with Crippen LogP contribution in [0.25, 0.3) is 0 Å². The van der Waals surface area contributed by atoms with Gasteiger partial charge in [-0.15, -0.1) is 5.10 Å². The molecule has 0 heterocycles. The average Bonchev–Trinajstić information content (AvgIpc) is 2.75. The van der Waals surface area contributed by atoms with Gasteiger partial charge in [-0.1, -0.05) is 72.4 Å². The number of imide groups is 1. The minimum absolute atomic E-state index is 0.0219. The van der Waals surface area contributed by atoms with Crippen molar-refractivity contribution >= 4 is 35.1 Å². The highest BCUT2D eigenvalue weighted by molar-refractivity contribution is 8.13. The third-order valence-corrected chi connectivity index (χ3v) is 3.88. The van der Waals surface area contributed by atoms with Crippen molar-refractivity contribution in [1.29, 1.82) is 0 Å². The molecule has 0 fully saturated rings. The third-order valence-electron chi connectivity index (χ3n) is 3.30. The van der Waals surface area contributed by atoms with Gasteiger partial charge in [0.2, 0.25) is 0 Å². The van der Waals surface area contributed by atoms with Gasteiger partial charge in [-0.3, -0.25) is 5.32 Å². The average molecular weight is 416 g/mol. The standard InChI is InChI=1S/C19H20N4O5S/c1-29-17(21-19(26)28-13-15-10-6-3-7-11-15)23-22-16(24)20-18(25)27-12-14-8-4-2-5-9-14/h2-11H,12-13H2,1H3,(H,21,23,26)(H2,20,22,24,25). The number of carbonyl (C=O) groups is 3. The van der Waals surface area contributed by atoms with E-state index in [4.69, 9.17) is 9.47 Å². The summed E-state index contributed by atoms with van der Waals surface area (Å²) in [6, 6.07) is 17.3. The predicted molar refractivity (Wildman–Crippen MR) is 109 cm³/mol. The molecule has 152 valence electrons. The maximum absolute atomic E-state index is 11.8. The highest BCUT2D eigenvalue weighted by atomic mass is 32.2. The molecular formula is C19H20N4O5S. The van der Waals surface area contributed by atoms with Crippen molar-refractivity contribution in [2.24, 2.45) is 5.10 Å². The largest absolute Gasteiger partial charge is 0.444 e. The second-order valence-electron chi connectivity index (χ2n) is 5.44. The number of urea groups is 1. The Hall–Kier alpha value is -3.53. The molecule has 2 aromatic carbocycles. The zero-order valence-electron chi connectivity index (χ0n) is 15.6. The summed E-state index contributed by atoms with van der Waals surface area (Å²) in [5.74, 6) is 0. The fourth-order valence-corrected chi connectivity index (χ4v) is 2.27. The van der Waals surface area contributed by atoms with Crippen molar-refractivity contribution in [3.63, 3.8) is 0 Å². The molecule has 9 nitrogen and oxygen atoms in total. The van der Waals surface area contributed by atoms with E-state index in [1.54, 1.807) is 30.5 Å². The summed E-state index contributed by atoms with van der Waals surface area (Å²) in [4.78, 5) is 35.1. The van der Waals surface area contributed by atoms with Gasteiger partial charge >= 0.3 is 18.2 Å². The Balaban J connectivity index is 1.71. The van der Waals surface area contributed by atoms with Crippen molar-refractivity contribution in [1.82, 2.24) is 16.1 Å². The molecule has 0 atom stereocenters. The van der Waals surface area contributed by atoms with Crippen LogP contribution in [0, 0.1) is 0 Å². The van der Waals surface area contributed by atoms with Crippen LogP contribution in [0.1, 0.15) is 11.1 Å². The SMILES string of the molecule is CSC(=NNC(=O)NC(=O)OCc1ccccc1)NC(=O)OCc1ccccc1. The summed E-state index contributed by atoms with van der Waals surface area (Å²) in [5.41, 5.74) is 3.70. The van der Waals surface area contributed by atoms with Gasteiger partial charge in [0, 0.05) is 0 Å². The monoisotopic (exact) mass is 416 g/mol. The molecule has 0 saturated heterocycles. The Morgan fingerprint density at radius 1 is 0.828 bits per heavy atom. The number of amides is 4. The fourth-order valence-electron chi connectivity index (χ4n) is 1.95. The summed E-state index contributed by atoms with van der Waals surface area (Å²) in [6.45, 7) is 0.115. The number of benzene rings is 2. The number of ether oxygens (including phenoxy) is 2. The molecule has 0 unspecified atom stereocenters. The summed E-state index contributed by atoms with van der Waals surface area (Å²) >= 11 is 1.07. The van der Waals surface area contributed by atoms with Crippen LogP contribution in [-0.4, -0.2) is 29.6 Å². The minimum atomic E-state index is -0.928. The molecule has 0 saturated carbocycles. The molecule has 2 aromatic rings. The van der Waals surface area contributed by atoms with Gasteiger partial charge in [0.05, 0.1) is 0 Å². The molecule has 0 aromatic heterocycles. The first-order chi connectivity index (χ1) is 14.1. The highest BCUT2D eigenvalue weighted by Gasteiger charge is 2.10. The van der Waals surface area contributed by atoms with Crippen LogP contribution in [0.15, 0.2) is 65.8 Å². The maximum Gasteiger partial charge on any atom is 0.415 e. The molecule has 4 amide bonds. The zero-order valence-corrected chi connectivity index (χ0v) is 16.4. The van der Waals surface area contributed by atoms with Crippen LogP contribution in [0.5, 0.6) is 0 Å². The Bertz CT molecular complexity index is 846. The molecule has 29 heavy (non-hydrogen) atoms. The molecule has 3 N–H and O–H groups in total. The Kier molecular flexibility index (Phi) is 9.03. The van der Waals surface area contributed by atoms with E-state index in [9.17, 15) is 14.4 Å². The van der Waals surface area contributed by atoms with E-state index in [0.29, 0.717) is 0 Å². The molecule has 0 aliphatic rings. The van der Waals surface area contributed by atoms with Gasteiger partial charge in [0.25, 0.3) is 0 Å². The zero-order chi connectivity index (χ0) is 20.9. The maximum atomic E-state index is 11.8. The van der Waals surface area contributed by atoms with Gasteiger partial charge in [0.15, 0.2) is 5.17 Å². The highest BCUT2D eigenvalue weighted by Crippen LogP contribution is 2.02. The van der Waals surface area contributed by atoms with E-state index in [-0.39, 0.29) is 18.4 Å². The predicted octanol–water partition coefficient (Wildman–Crippen LogP) is 3.18. The quantitative estimate of drug-likeness (QED) is 0.391. The number of nitrogens with zero attached hydrogens (tertiary/aromatic N) is 1. The van der Waals surface area contributed by atoms with Gasteiger partial charge < -0.3 is 9.47 Å². The molecule has 0 radical (unpaired) electrons. The lowest BCUT2D eigenvalue weighted by atomic mass is 10.2. The molecule has 0 aliphatic carbocycles. The number of rotatable bonds is 5. The van der Waals surface area contributed by atoms with Crippen molar-refractivity contribution in [2.45, 2.75) is 13.2 Å². The second kappa shape index (κ2) is 12.0. The van der Waals surface area contributed by atoms with Gasteiger partial charge in [-0.25, -0.2) is 25.1 Å². The van der Waals surface area contributed by atoms with E-state index in [1.807, 2.05) is 41.7 Å².